The molecule has 260 valence electrons. The number of benzene rings is 1. The molecule has 0 saturated heterocycles. The van der Waals surface area contributed by atoms with Crippen LogP contribution in [0.1, 0.15) is 141 Å². The van der Waals surface area contributed by atoms with Crippen molar-refractivity contribution in [3.05, 3.63) is 21.9 Å². The molecule has 0 atom stereocenters. The Balaban J connectivity index is 1.02. The smallest absolute Gasteiger partial charge is 0.101 e. The summed E-state index contributed by atoms with van der Waals surface area (Å²) in [6, 6.07) is 0. The van der Waals surface area contributed by atoms with Crippen molar-refractivity contribution in [1.82, 2.24) is 18.7 Å². The van der Waals surface area contributed by atoms with E-state index in [4.69, 9.17) is 9.97 Å². The number of aromatic amines is 2. The summed E-state index contributed by atoms with van der Waals surface area (Å²) in [5.41, 5.74) is 9.97. The third-order valence-electron chi connectivity index (χ3n) is 10.7. The third-order valence-corrected chi connectivity index (χ3v) is 16.1. The van der Waals surface area contributed by atoms with Crippen LogP contribution in [0.15, 0.2) is 10.8 Å². The molecular weight excluding hydrogens is 697 g/mol. The molecule has 0 aliphatic rings. The maximum absolute atomic E-state index is 5.41. The summed E-state index contributed by atoms with van der Waals surface area (Å²) in [6.45, 7) is 4.60. The van der Waals surface area contributed by atoms with Gasteiger partial charge in [0, 0.05) is 22.5 Å². The van der Waals surface area contributed by atoms with Gasteiger partial charge in [0.25, 0.3) is 0 Å². The predicted molar refractivity (Wildman–Crippen MR) is 225 cm³/mol. The van der Waals surface area contributed by atoms with Gasteiger partial charge in [-0.05, 0) is 47.6 Å². The summed E-state index contributed by atoms with van der Waals surface area (Å²) >= 11 is 9.31. The minimum absolute atomic E-state index is 1.07. The van der Waals surface area contributed by atoms with Crippen LogP contribution in [0.2, 0.25) is 0 Å². The van der Waals surface area contributed by atoms with E-state index in [0.29, 0.717) is 0 Å². The average Bonchev–Trinajstić information content (AvgIpc) is 3.95. The third kappa shape index (κ3) is 6.61. The van der Waals surface area contributed by atoms with Crippen LogP contribution in [-0.4, -0.2) is 18.7 Å². The zero-order chi connectivity index (χ0) is 33.2. The van der Waals surface area contributed by atoms with Crippen LogP contribution >= 0.6 is 57.1 Å². The molecule has 0 aliphatic heterocycles. The van der Waals surface area contributed by atoms with Gasteiger partial charge in [0.2, 0.25) is 0 Å². The molecule has 8 aromatic rings. The molecule has 9 heteroatoms. The highest BCUT2D eigenvalue weighted by atomic mass is 32.1. The lowest BCUT2D eigenvalue weighted by Gasteiger charge is -2.02. The minimum atomic E-state index is 1.07. The Morgan fingerprint density at radius 1 is 0.449 bits per heavy atom. The van der Waals surface area contributed by atoms with Crippen molar-refractivity contribution in [1.29, 1.82) is 0 Å². The summed E-state index contributed by atoms with van der Waals surface area (Å²) < 4.78 is 15.6. The number of aryl methyl sites for hydroxylation is 2. The summed E-state index contributed by atoms with van der Waals surface area (Å²) in [6.07, 6.45) is 27.2. The van der Waals surface area contributed by atoms with E-state index in [9.17, 15) is 0 Å². The van der Waals surface area contributed by atoms with Gasteiger partial charge in [-0.25, -0.2) is 9.97 Å². The van der Waals surface area contributed by atoms with Crippen molar-refractivity contribution in [3.8, 4) is 0 Å². The molecule has 7 aromatic heterocycles. The molecule has 0 unspecified atom stereocenters. The molecule has 2 N–H and O–H groups in total. The highest BCUT2D eigenvalue weighted by Crippen LogP contribution is 2.50. The highest BCUT2D eigenvalue weighted by molar-refractivity contribution is 7.33. The fourth-order valence-electron chi connectivity index (χ4n) is 7.90. The molecule has 4 nitrogen and oxygen atoms in total. The molecule has 0 saturated carbocycles. The number of nitrogens with one attached hydrogen (secondary N) is 2. The van der Waals surface area contributed by atoms with Gasteiger partial charge in [0.15, 0.2) is 0 Å². The van der Waals surface area contributed by atoms with Gasteiger partial charge in [0.05, 0.1) is 39.2 Å². The van der Waals surface area contributed by atoms with Gasteiger partial charge in [-0.3, -0.25) is 8.75 Å². The van der Waals surface area contributed by atoms with Gasteiger partial charge >= 0.3 is 0 Å². The molecule has 0 aliphatic carbocycles. The Hall–Kier alpha value is -2.04. The quantitative estimate of drug-likeness (QED) is 0.0763. The summed E-state index contributed by atoms with van der Waals surface area (Å²) in [7, 11) is 0. The van der Waals surface area contributed by atoms with Crippen LogP contribution in [0.5, 0.6) is 0 Å². The van der Waals surface area contributed by atoms with Crippen LogP contribution in [-0.2, 0) is 12.8 Å². The van der Waals surface area contributed by atoms with Crippen LogP contribution in [0.25, 0.3) is 72.1 Å². The second-order valence-corrected chi connectivity index (χ2v) is 18.7. The van der Waals surface area contributed by atoms with Crippen molar-refractivity contribution in [2.75, 3.05) is 0 Å². The summed E-state index contributed by atoms with van der Waals surface area (Å²) in [5.74, 6) is 0. The second-order valence-electron chi connectivity index (χ2n) is 14.3. The molecule has 1 aromatic carbocycles. The van der Waals surface area contributed by atoms with E-state index in [1.165, 1.54) is 201 Å². The normalized spacial score (nSPS) is 12.7. The van der Waals surface area contributed by atoms with E-state index in [2.05, 4.69) is 33.4 Å². The molecule has 8 rings (SSSR count). The monoisotopic (exact) mass is 746 g/mol. The number of unbranched alkanes of at least 4 members (excludes halogenated alkanes) is 16. The first-order valence-corrected chi connectivity index (χ1v) is 23.4. The maximum Gasteiger partial charge on any atom is 0.101 e. The number of hydrogen-bond acceptors (Lipinski definition) is 7. The highest BCUT2D eigenvalue weighted by Gasteiger charge is 2.26. The lowest BCUT2D eigenvalue weighted by molar-refractivity contribution is 0.565. The van der Waals surface area contributed by atoms with E-state index in [-0.39, 0.29) is 0 Å². The number of H-pyrrole nitrogens is 2. The van der Waals surface area contributed by atoms with E-state index in [0.717, 1.165) is 11.0 Å². The van der Waals surface area contributed by atoms with E-state index in [1.807, 2.05) is 45.3 Å². The Morgan fingerprint density at radius 2 is 0.837 bits per heavy atom. The zero-order valence-corrected chi connectivity index (χ0v) is 33.3. The van der Waals surface area contributed by atoms with Crippen molar-refractivity contribution in [2.45, 2.75) is 142 Å². The Morgan fingerprint density at radius 3 is 1.24 bits per heavy atom. The molecule has 0 spiro atoms. The van der Waals surface area contributed by atoms with E-state index < -0.39 is 0 Å². The number of nitrogens with zero attached hydrogens (tertiary/aromatic N) is 2. The van der Waals surface area contributed by atoms with Gasteiger partial charge in [0.1, 0.15) is 22.1 Å². The summed E-state index contributed by atoms with van der Waals surface area (Å²) in [4.78, 5) is 10.8. The predicted octanol–water partition coefficient (Wildman–Crippen LogP) is 15.7. The van der Waals surface area contributed by atoms with Gasteiger partial charge in [-0.2, -0.15) is 0 Å². The van der Waals surface area contributed by atoms with Crippen LogP contribution in [0.3, 0.4) is 0 Å². The second kappa shape index (κ2) is 15.7. The molecular formula is C40H50N4S5. The largest absolute Gasteiger partial charge is 0.294 e. The molecule has 0 fully saturated rings. The van der Waals surface area contributed by atoms with Gasteiger partial charge < -0.3 is 0 Å². The first-order valence-electron chi connectivity index (χ1n) is 19.2. The number of rotatable bonds is 20. The standard InChI is InChI=1S/C40H50N4S5/c1-3-5-7-9-11-13-15-17-19-21-25-23-45-39-33-37(47-35(25)39)27-29(41-33)30-28(32-31(27)43-49-44-32)38-34(42-30)40-36(48-38)26(24-46-40)22-20-18-16-14-12-10-8-6-4-2/h23-24,43-44H,3-22H2,1-2H3. The van der Waals surface area contributed by atoms with Crippen molar-refractivity contribution < 1.29 is 0 Å². The number of thiophene rings is 4. The van der Waals surface area contributed by atoms with Gasteiger partial charge in [-0.1, -0.05) is 117 Å². The fraction of sp³-hybridized carbons (Fsp3) is 0.550. The van der Waals surface area contributed by atoms with Crippen LogP contribution in [0, 0.1) is 0 Å². The molecule has 0 bridgehead atoms. The van der Waals surface area contributed by atoms with Gasteiger partial charge in [-0.15, -0.1) is 45.3 Å². The lowest BCUT2D eigenvalue weighted by atomic mass is 10.1. The van der Waals surface area contributed by atoms with Crippen molar-refractivity contribution in [3.63, 3.8) is 0 Å². The Bertz CT molecular complexity index is 2140. The molecule has 0 radical (unpaired) electrons. The fourth-order valence-corrected chi connectivity index (χ4v) is 13.8. The topological polar surface area (TPSA) is 57.4 Å². The maximum atomic E-state index is 5.41. The summed E-state index contributed by atoms with van der Waals surface area (Å²) in [5, 5.41) is 7.35. The van der Waals surface area contributed by atoms with E-state index in [1.54, 1.807) is 11.7 Å². The number of aromatic nitrogens is 4. The average molecular weight is 747 g/mol. The Labute approximate surface area is 310 Å². The number of fused-ring (bicyclic) bond motifs is 14. The first-order chi connectivity index (χ1) is 24.3. The van der Waals surface area contributed by atoms with Crippen molar-refractivity contribution >= 4 is 129 Å². The first kappa shape index (κ1) is 34.1. The molecule has 0 amide bonds. The Kier molecular flexibility index (Phi) is 10.9. The SMILES string of the molecule is CCCCCCCCCCCc1csc2c1sc1c2nc2c3nc4c5scc(CCCCCCCCCCC)c5sc4c3c3[nH]s[nH]c3c21. The minimum Gasteiger partial charge on any atom is -0.294 e. The lowest BCUT2D eigenvalue weighted by Crippen LogP contribution is -1.85. The number of hydrogen-bond donors (Lipinski definition) is 2. The van der Waals surface area contributed by atoms with Crippen molar-refractivity contribution in [2.24, 2.45) is 0 Å². The molecule has 49 heavy (non-hydrogen) atoms. The molecule has 7 heterocycles. The van der Waals surface area contributed by atoms with Crippen LogP contribution < -0.4 is 0 Å². The van der Waals surface area contributed by atoms with Crippen LogP contribution in [0.4, 0.5) is 0 Å². The zero-order valence-electron chi connectivity index (χ0n) is 29.2. The van der Waals surface area contributed by atoms with E-state index >= 15 is 0 Å².